The van der Waals surface area contributed by atoms with E-state index in [0.717, 1.165) is 12.6 Å². The summed E-state index contributed by atoms with van der Waals surface area (Å²) >= 11 is 0. The molecule has 0 amide bonds. The van der Waals surface area contributed by atoms with Crippen molar-refractivity contribution in [1.29, 1.82) is 0 Å². The van der Waals surface area contributed by atoms with E-state index < -0.39 is 0 Å². The van der Waals surface area contributed by atoms with Crippen molar-refractivity contribution in [3.8, 4) is 0 Å². The van der Waals surface area contributed by atoms with Gasteiger partial charge in [-0.3, -0.25) is 0 Å². The van der Waals surface area contributed by atoms with E-state index in [0.29, 0.717) is 6.04 Å². The summed E-state index contributed by atoms with van der Waals surface area (Å²) in [6, 6.07) is 1.40. The van der Waals surface area contributed by atoms with Gasteiger partial charge in [0.15, 0.2) is 0 Å². The maximum atomic E-state index is 3.64. The van der Waals surface area contributed by atoms with Crippen molar-refractivity contribution in [2.75, 3.05) is 26.2 Å². The van der Waals surface area contributed by atoms with Crippen molar-refractivity contribution in [3.05, 3.63) is 0 Å². The average Bonchev–Trinajstić information content (AvgIpc) is 2.24. The molecule has 0 spiro atoms. The van der Waals surface area contributed by atoms with E-state index in [1.165, 1.54) is 45.3 Å². The summed E-state index contributed by atoms with van der Waals surface area (Å²) in [5, 5.41) is 10.5. The molecule has 0 aromatic rings. The molecule has 3 heteroatoms. The second-order valence-corrected chi connectivity index (χ2v) is 4.79. The van der Waals surface area contributed by atoms with Crippen molar-refractivity contribution in [3.63, 3.8) is 0 Å². The zero-order valence-electron chi connectivity index (χ0n) is 10.3. The van der Waals surface area contributed by atoms with Gasteiger partial charge in [-0.05, 0) is 51.9 Å². The number of piperidine rings is 1. The fraction of sp³-hybridized carbons (Fsp3) is 1.00. The Hall–Kier alpha value is -0.120. The van der Waals surface area contributed by atoms with Crippen LogP contribution < -0.4 is 16.0 Å². The maximum absolute atomic E-state index is 3.64. The monoisotopic (exact) mass is 213 g/mol. The molecular weight excluding hydrogens is 186 g/mol. The minimum atomic E-state index is 0.627. The van der Waals surface area contributed by atoms with Gasteiger partial charge in [0.05, 0.1) is 0 Å². The van der Waals surface area contributed by atoms with Crippen molar-refractivity contribution in [2.45, 2.75) is 51.6 Å². The fourth-order valence-corrected chi connectivity index (χ4v) is 1.97. The zero-order valence-corrected chi connectivity index (χ0v) is 10.3. The molecule has 0 unspecified atom stereocenters. The van der Waals surface area contributed by atoms with Gasteiger partial charge < -0.3 is 16.0 Å². The summed E-state index contributed by atoms with van der Waals surface area (Å²) in [6.45, 7) is 9.12. The molecule has 0 saturated carbocycles. The summed E-state index contributed by atoms with van der Waals surface area (Å²) in [5.74, 6) is 0. The molecule has 0 aliphatic carbocycles. The molecule has 1 rings (SSSR count). The predicted octanol–water partition coefficient (Wildman–Crippen LogP) is 1.11. The Morgan fingerprint density at radius 1 is 1.13 bits per heavy atom. The third-order valence-electron chi connectivity index (χ3n) is 2.93. The predicted molar refractivity (Wildman–Crippen MR) is 66.3 cm³/mol. The van der Waals surface area contributed by atoms with Gasteiger partial charge in [0.25, 0.3) is 0 Å². The van der Waals surface area contributed by atoms with E-state index in [4.69, 9.17) is 0 Å². The van der Waals surface area contributed by atoms with Gasteiger partial charge in [0.1, 0.15) is 0 Å². The second kappa shape index (κ2) is 8.08. The first kappa shape index (κ1) is 12.9. The molecule has 0 bridgehead atoms. The SMILES string of the molecule is CC(C)NCCCCNC1CCNCC1. The lowest BCUT2D eigenvalue weighted by molar-refractivity contribution is 0.383. The highest BCUT2D eigenvalue weighted by atomic mass is 15.0. The molecule has 90 valence electrons. The molecular formula is C12H27N3. The highest BCUT2D eigenvalue weighted by Gasteiger charge is 2.10. The van der Waals surface area contributed by atoms with Gasteiger partial charge in [-0.1, -0.05) is 13.8 Å². The first-order valence-corrected chi connectivity index (χ1v) is 6.46. The number of hydrogen-bond acceptors (Lipinski definition) is 3. The molecule has 3 nitrogen and oxygen atoms in total. The van der Waals surface area contributed by atoms with Crippen LogP contribution >= 0.6 is 0 Å². The largest absolute Gasteiger partial charge is 0.317 e. The Balaban J connectivity index is 1.83. The molecule has 0 aromatic carbocycles. The van der Waals surface area contributed by atoms with Crippen LogP contribution in [0.1, 0.15) is 39.5 Å². The smallest absolute Gasteiger partial charge is 0.00912 e. The third-order valence-corrected chi connectivity index (χ3v) is 2.93. The number of hydrogen-bond donors (Lipinski definition) is 3. The summed E-state index contributed by atoms with van der Waals surface area (Å²) in [4.78, 5) is 0. The molecule has 1 aliphatic rings. The van der Waals surface area contributed by atoms with Gasteiger partial charge in [0, 0.05) is 12.1 Å². The van der Waals surface area contributed by atoms with Crippen molar-refractivity contribution in [1.82, 2.24) is 16.0 Å². The standard InChI is InChI=1S/C12H27N3/c1-11(2)14-7-3-4-8-15-12-5-9-13-10-6-12/h11-15H,3-10H2,1-2H3. The van der Waals surface area contributed by atoms with Gasteiger partial charge in [0.2, 0.25) is 0 Å². The lowest BCUT2D eigenvalue weighted by Crippen LogP contribution is -2.40. The fourth-order valence-electron chi connectivity index (χ4n) is 1.97. The minimum Gasteiger partial charge on any atom is -0.317 e. The van der Waals surface area contributed by atoms with Gasteiger partial charge >= 0.3 is 0 Å². The van der Waals surface area contributed by atoms with Crippen LogP contribution in [0.25, 0.3) is 0 Å². The minimum absolute atomic E-state index is 0.627. The van der Waals surface area contributed by atoms with Crippen LogP contribution in [0.15, 0.2) is 0 Å². The Kier molecular flexibility index (Phi) is 6.98. The van der Waals surface area contributed by atoms with E-state index in [-0.39, 0.29) is 0 Å². The molecule has 0 atom stereocenters. The zero-order chi connectivity index (χ0) is 10.9. The van der Waals surface area contributed by atoms with Crippen molar-refractivity contribution < 1.29 is 0 Å². The van der Waals surface area contributed by atoms with Crippen LogP contribution in [0.4, 0.5) is 0 Å². The molecule has 1 aliphatic heterocycles. The van der Waals surface area contributed by atoms with E-state index in [1.807, 2.05) is 0 Å². The van der Waals surface area contributed by atoms with Crippen LogP contribution in [0.5, 0.6) is 0 Å². The van der Waals surface area contributed by atoms with Crippen LogP contribution in [-0.2, 0) is 0 Å². The Bertz CT molecular complexity index is 142. The highest BCUT2D eigenvalue weighted by Crippen LogP contribution is 2.01. The molecule has 1 fully saturated rings. The van der Waals surface area contributed by atoms with Gasteiger partial charge in [-0.15, -0.1) is 0 Å². The van der Waals surface area contributed by atoms with E-state index >= 15 is 0 Å². The van der Waals surface area contributed by atoms with Gasteiger partial charge in [-0.25, -0.2) is 0 Å². The first-order chi connectivity index (χ1) is 7.29. The summed E-state index contributed by atoms with van der Waals surface area (Å²) in [7, 11) is 0. The quantitative estimate of drug-likeness (QED) is 0.554. The maximum Gasteiger partial charge on any atom is 0.00912 e. The highest BCUT2D eigenvalue weighted by molar-refractivity contribution is 4.73. The number of nitrogens with one attached hydrogen (secondary N) is 3. The van der Waals surface area contributed by atoms with E-state index in [1.54, 1.807) is 0 Å². The van der Waals surface area contributed by atoms with Crippen LogP contribution in [0, 0.1) is 0 Å². The molecule has 0 aromatic heterocycles. The molecule has 0 radical (unpaired) electrons. The van der Waals surface area contributed by atoms with Crippen LogP contribution in [0.3, 0.4) is 0 Å². The number of unbranched alkanes of at least 4 members (excludes halogenated alkanes) is 1. The Morgan fingerprint density at radius 2 is 1.80 bits per heavy atom. The summed E-state index contributed by atoms with van der Waals surface area (Å²) in [5.41, 5.74) is 0. The Labute approximate surface area is 94.4 Å². The molecule has 3 N–H and O–H groups in total. The lowest BCUT2D eigenvalue weighted by Gasteiger charge is -2.23. The summed E-state index contributed by atoms with van der Waals surface area (Å²) < 4.78 is 0. The molecule has 1 saturated heterocycles. The van der Waals surface area contributed by atoms with Crippen LogP contribution in [0.2, 0.25) is 0 Å². The number of rotatable bonds is 7. The van der Waals surface area contributed by atoms with Crippen LogP contribution in [-0.4, -0.2) is 38.3 Å². The van der Waals surface area contributed by atoms with Gasteiger partial charge in [-0.2, -0.15) is 0 Å². The third kappa shape index (κ3) is 6.88. The molecule has 1 heterocycles. The van der Waals surface area contributed by atoms with E-state index in [9.17, 15) is 0 Å². The first-order valence-electron chi connectivity index (χ1n) is 6.46. The van der Waals surface area contributed by atoms with Crippen molar-refractivity contribution in [2.24, 2.45) is 0 Å². The topological polar surface area (TPSA) is 36.1 Å². The summed E-state index contributed by atoms with van der Waals surface area (Å²) in [6.07, 6.45) is 5.17. The second-order valence-electron chi connectivity index (χ2n) is 4.79. The van der Waals surface area contributed by atoms with Crippen molar-refractivity contribution >= 4 is 0 Å². The Morgan fingerprint density at radius 3 is 2.47 bits per heavy atom. The lowest BCUT2D eigenvalue weighted by atomic mass is 10.1. The average molecular weight is 213 g/mol. The normalized spacial score (nSPS) is 18.6. The van der Waals surface area contributed by atoms with E-state index in [2.05, 4.69) is 29.8 Å². The molecule has 15 heavy (non-hydrogen) atoms.